The van der Waals surface area contributed by atoms with Crippen LogP contribution in [0, 0.1) is 13.8 Å². The number of urea groups is 1. The molecule has 0 saturated carbocycles. The second-order valence-electron chi connectivity index (χ2n) is 4.67. The maximum absolute atomic E-state index is 11.9. The number of anilines is 4. The number of benzene rings is 2. The maximum Gasteiger partial charge on any atom is 0.323 e. The highest BCUT2D eigenvalue weighted by molar-refractivity contribution is 6.00. The lowest BCUT2D eigenvalue weighted by atomic mass is 10.1. The minimum absolute atomic E-state index is 0.332. The first-order chi connectivity index (χ1) is 9.47. The Morgan fingerprint density at radius 3 is 2.45 bits per heavy atom. The van der Waals surface area contributed by atoms with Crippen molar-refractivity contribution in [3.63, 3.8) is 0 Å². The van der Waals surface area contributed by atoms with Crippen LogP contribution in [0.25, 0.3) is 0 Å². The molecule has 0 aliphatic rings. The zero-order chi connectivity index (χ0) is 14.7. The minimum atomic E-state index is -0.332. The topological polar surface area (TPSA) is 93.2 Å². The first kappa shape index (κ1) is 13.7. The zero-order valence-electron chi connectivity index (χ0n) is 11.5. The minimum Gasteiger partial charge on any atom is -0.398 e. The van der Waals surface area contributed by atoms with Gasteiger partial charge in [-0.15, -0.1) is 0 Å². The van der Waals surface area contributed by atoms with Crippen molar-refractivity contribution in [1.29, 1.82) is 0 Å². The van der Waals surface area contributed by atoms with Gasteiger partial charge in [0.15, 0.2) is 0 Å². The molecule has 0 heterocycles. The van der Waals surface area contributed by atoms with Gasteiger partial charge in [-0.25, -0.2) is 4.79 Å². The zero-order valence-corrected chi connectivity index (χ0v) is 11.5. The number of carbonyl (C=O) groups is 1. The highest BCUT2D eigenvalue weighted by Gasteiger charge is 2.07. The fraction of sp³-hybridized carbons (Fsp3) is 0.133. The van der Waals surface area contributed by atoms with Crippen molar-refractivity contribution in [1.82, 2.24) is 0 Å². The average molecular weight is 270 g/mol. The van der Waals surface area contributed by atoms with Crippen LogP contribution in [-0.4, -0.2) is 6.03 Å². The summed E-state index contributed by atoms with van der Waals surface area (Å²) >= 11 is 0. The third-order valence-corrected chi connectivity index (χ3v) is 3.16. The summed E-state index contributed by atoms with van der Waals surface area (Å²) in [6.07, 6.45) is 0. The summed E-state index contributed by atoms with van der Waals surface area (Å²) < 4.78 is 0. The van der Waals surface area contributed by atoms with E-state index in [1.165, 1.54) is 0 Å². The van der Waals surface area contributed by atoms with Gasteiger partial charge in [0.1, 0.15) is 0 Å². The Labute approximate surface area is 118 Å². The van der Waals surface area contributed by atoms with Gasteiger partial charge < -0.3 is 22.1 Å². The van der Waals surface area contributed by atoms with E-state index >= 15 is 0 Å². The van der Waals surface area contributed by atoms with Gasteiger partial charge in [-0.2, -0.15) is 0 Å². The lowest BCUT2D eigenvalue weighted by molar-refractivity contribution is 0.262. The van der Waals surface area contributed by atoms with Crippen LogP contribution in [0.5, 0.6) is 0 Å². The molecular weight excluding hydrogens is 252 g/mol. The Kier molecular flexibility index (Phi) is 3.79. The van der Waals surface area contributed by atoms with E-state index in [0.717, 1.165) is 11.1 Å². The Balaban J connectivity index is 2.09. The van der Waals surface area contributed by atoms with E-state index in [1.54, 1.807) is 30.3 Å². The van der Waals surface area contributed by atoms with E-state index in [-0.39, 0.29) is 6.03 Å². The SMILES string of the molecule is Cc1ccc(NC(=O)Nc2cccc(N)c2C)cc1N. The lowest BCUT2D eigenvalue weighted by Gasteiger charge is -2.12. The van der Waals surface area contributed by atoms with Gasteiger partial charge in [0.05, 0.1) is 0 Å². The molecule has 0 spiro atoms. The van der Waals surface area contributed by atoms with Crippen molar-refractivity contribution in [2.45, 2.75) is 13.8 Å². The molecule has 2 amide bonds. The third-order valence-electron chi connectivity index (χ3n) is 3.16. The van der Waals surface area contributed by atoms with Gasteiger partial charge in [0, 0.05) is 22.7 Å². The summed E-state index contributed by atoms with van der Waals surface area (Å²) in [7, 11) is 0. The molecule has 104 valence electrons. The van der Waals surface area contributed by atoms with Gasteiger partial charge in [-0.05, 0) is 49.2 Å². The highest BCUT2D eigenvalue weighted by Crippen LogP contribution is 2.21. The van der Waals surface area contributed by atoms with E-state index in [9.17, 15) is 4.79 Å². The number of hydrogen-bond donors (Lipinski definition) is 4. The van der Waals surface area contributed by atoms with E-state index in [4.69, 9.17) is 11.5 Å². The van der Waals surface area contributed by atoms with Crippen molar-refractivity contribution in [3.8, 4) is 0 Å². The van der Waals surface area contributed by atoms with Crippen LogP contribution >= 0.6 is 0 Å². The van der Waals surface area contributed by atoms with Crippen LogP contribution in [-0.2, 0) is 0 Å². The van der Waals surface area contributed by atoms with Crippen LogP contribution in [0.15, 0.2) is 36.4 Å². The van der Waals surface area contributed by atoms with Crippen molar-refractivity contribution < 1.29 is 4.79 Å². The highest BCUT2D eigenvalue weighted by atomic mass is 16.2. The molecule has 0 unspecified atom stereocenters. The standard InChI is InChI=1S/C15H18N4O/c1-9-6-7-11(8-13(9)17)18-15(20)19-14-5-3-4-12(16)10(14)2/h3-8H,16-17H2,1-2H3,(H2,18,19,20). The summed E-state index contributed by atoms with van der Waals surface area (Å²) in [5, 5.41) is 5.50. The number of nitrogens with one attached hydrogen (secondary N) is 2. The summed E-state index contributed by atoms with van der Waals surface area (Å²) in [6.45, 7) is 3.77. The number of hydrogen-bond acceptors (Lipinski definition) is 3. The fourth-order valence-electron chi connectivity index (χ4n) is 1.79. The monoisotopic (exact) mass is 270 g/mol. The van der Waals surface area contributed by atoms with Crippen LogP contribution in [0.4, 0.5) is 27.5 Å². The van der Waals surface area contributed by atoms with Gasteiger partial charge in [-0.3, -0.25) is 0 Å². The summed E-state index contributed by atoms with van der Waals surface area (Å²) in [5.74, 6) is 0. The van der Waals surface area contributed by atoms with Crippen molar-refractivity contribution in [2.75, 3.05) is 22.1 Å². The molecule has 2 aromatic carbocycles. The predicted molar refractivity (Wildman–Crippen MR) is 83.8 cm³/mol. The average Bonchev–Trinajstić information content (AvgIpc) is 2.39. The first-order valence-corrected chi connectivity index (χ1v) is 6.26. The molecule has 5 nitrogen and oxygen atoms in total. The van der Waals surface area contributed by atoms with Crippen molar-refractivity contribution in [2.24, 2.45) is 0 Å². The Morgan fingerprint density at radius 2 is 1.75 bits per heavy atom. The molecule has 6 N–H and O–H groups in total. The molecule has 2 rings (SSSR count). The van der Waals surface area contributed by atoms with E-state index in [2.05, 4.69) is 10.6 Å². The first-order valence-electron chi connectivity index (χ1n) is 6.26. The van der Waals surface area contributed by atoms with Crippen LogP contribution in [0.2, 0.25) is 0 Å². The molecule has 0 radical (unpaired) electrons. The smallest absolute Gasteiger partial charge is 0.323 e. The second-order valence-corrected chi connectivity index (χ2v) is 4.67. The van der Waals surface area contributed by atoms with Gasteiger partial charge in [0.25, 0.3) is 0 Å². The quantitative estimate of drug-likeness (QED) is 0.632. The Bertz CT molecular complexity index is 652. The summed E-state index contributed by atoms with van der Waals surface area (Å²) in [6, 6.07) is 10.4. The number of nitrogens with two attached hydrogens (primary N) is 2. The molecule has 2 aromatic rings. The normalized spacial score (nSPS) is 10.1. The summed E-state index contributed by atoms with van der Waals surface area (Å²) in [4.78, 5) is 11.9. The molecule has 0 atom stereocenters. The lowest BCUT2D eigenvalue weighted by Crippen LogP contribution is -2.20. The molecule has 0 aromatic heterocycles. The van der Waals surface area contributed by atoms with Crippen LogP contribution < -0.4 is 22.1 Å². The Hall–Kier alpha value is -2.69. The molecule has 0 bridgehead atoms. The molecule has 0 aliphatic heterocycles. The molecule has 5 heteroatoms. The predicted octanol–water partition coefficient (Wildman–Crippen LogP) is 3.11. The number of nitrogen functional groups attached to an aromatic ring is 2. The largest absolute Gasteiger partial charge is 0.398 e. The second kappa shape index (κ2) is 5.52. The van der Waals surface area contributed by atoms with Crippen LogP contribution in [0.1, 0.15) is 11.1 Å². The van der Waals surface area contributed by atoms with Crippen molar-refractivity contribution in [3.05, 3.63) is 47.5 Å². The number of aryl methyl sites for hydroxylation is 1. The Morgan fingerprint density at radius 1 is 1.00 bits per heavy atom. The maximum atomic E-state index is 11.9. The molecular formula is C15H18N4O. The number of carbonyl (C=O) groups excluding carboxylic acids is 1. The van der Waals surface area contributed by atoms with Crippen molar-refractivity contribution >= 4 is 28.8 Å². The summed E-state index contributed by atoms with van der Waals surface area (Å²) in [5.41, 5.74) is 16.0. The molecule has 20 heavy (non-hydrogen) atoms. The fourth-order valence-corrected chi connectivity index (χ4v) is 1.79. The van der Waals surface area contributed by atoms with E-state index in [0.29, 0.717) is 22.7 Å². The molecule has 0 aliphatic carbocycles. The van der Waals surface area contributed by atoms with Gasteiger partial charge in [0.2, 0.25) is 0 Å². The number of rotatable bonds is 2. The van der Waals surface area contributed by atoms with E-state index in [1.807, 2.05) is 19.9 Å². The van der Waals surface area contributed by atoms with Gasteiger partial charge >= 0.3 is 6.03 Å². The van der Waals surface area contributed by atoms with Crippen LogP contribution in [0.3, 0.4) is 0 Å². The molecule has 0 fully saturated rings. The molecule has 0 saturated heterocycles. The third kappa shape index (κ3) is 3.00. The van der Waals surface area contributed by atoms with Gasteiger partial charge in [-0.1, -0.05) is 12.1 Å². The number of amides is 2. The van der Waals surface area contributed by atoms with E-state index < -0.39 is 0 Å².